The Morgan fingerprint density at radius 2 is 2.07 bits per heavy atom. The van der Waals surface area contributed by atoms with Crippen molar-refractivity contribution in [3.63, 3.8) is 0 Å². The van der Waals surface area contributed by atoms with E-state index in [9.17, 15) is 18.0 Å². The Hall–Kier alpha value is -2.91. The first-order valence-corrected chi connectivity index (χ1v) is 9.63. The van der Waals surface area contributed by atoms with Crippen LogP contribution in [-0.4, -0.2) is 33.9 Å². The summed E-state index contributed by atoms with van der Waals surface area (Å²) in [5.41, 5.74) is 1.44. The summed E-state index contributed by atoms with van der Waals surface area (Å²) < 4.78 is 36.8. The second-order valence-electron chi connectivity index (χ2n) is 5.77. The van der Waals surface area contributed by atoms with Crippen molar-refractivity contribution in [2.45, 2.75) is 18.7 Å². The molecule has 1 aliphatic heterocycles. The number of furan rings is 1. The maximum Gasteiger partial charge on any atom is 0.341 e. The van der Waals surface area contributed by atoms with Crippen molar-refractivity contribution in [1.29, 1.82) is 0 Å². The largest absolute Gasteiger partial charge is 0.462 e. The van der Waals surface area contributed by atoms with Crippen LogP contribution in [0, 0.1) is 6.92 Å². The molecule has 2 heterocycles. The molecule has 1 aromatic heterocycles. The summed E-state index contributed by atoms with van der Waals surface area (Å²) in [5, 5.41) is 2.67. The van der Waals surface area contributed by atoms with Gasteiger partial charge in [-0.15, -0.1) is 0 Å². The summed E-state index contributed by atoms with van der Waals surface area (Å²) >= 11 is 0. The Bertz CT molecular complexity index is 1070. The molecular weight excluding hydrogens is 372 g/mol. The van der Waals surface area contributed by atoms with Crippen LogP contribution in [0.25, 0.3) is 11.6 Å². The summed E-state index contributed by atoms with van der Waals surface area (Å²) in [4.78, 5) is 24.3. The van der Waals surface area contributed by atoms with E-state index in [1.54, 1.807) is 13.8 Å². The van der Waals surface area contributed by atoms with Crippen molar-refractivity contribution in [3.8, 4) is 0 Å². The fourth-order valence-electron chi connectivity index (χ4n) is 2.73. The molecule has 0 saturated carbocycles. The fraction of sp³-hybridized carbons (Fsp3) is 0.222. The molecular formula is C18H18N2O6S. The third kappa shape index (κ3) is 3.51. The average molecular weight is 390 g/mol. The molecule has 2 N–H and O–H groups in total. The SMILES string of the molecule is CCOC(=O)c1cc(C=C2C(=O)Nc3ccc(S(=O)(=O)NC)cc32)oc1C. The number of amides is 1. The van der Waals surface area contributed by atoms with Crippen molar-refractivity contribution < 1.29 is 27.2 Å². The van der Waals surface area contributed by atoms with E-state index < -0.39 is 21.9 Å². The minimum Gasteiger partial charge on any atom is -0.462 e. The van der Waals surface area contributed by atoms with Gasteiger partial charge in [-0.25, -0.2) is 17.9 Å². The smallest absolute Gasteiger partial charge is 0.341 e. The third-order valence-corrected chi connectivity index (χ3v) is 5.48. The van der Waals surface area contributed by atoms with E-state index in [2.05, 4.69) is 10.0 Å². The van der Waals surface area contributed by atoms with Gasteiger partial charge in [-0.05, 0) is 51.2 Å². The third-order valence-electron chi connectivity index (χ3n) is 4.07. The number of hydrogen-bond donors (Lipinski definition) is 2. The molecule has 1 amide bonds. The van der Waals surface area contributed by atoms with Crippen LogP contribution in [0.15, 0.2) is 33.6 Å². The van der Waals surface area contributed by atoms with Gasteiger partial charge in [0.1, 0.15) is 17.1 Å². The van der Waals surface area contributed by atoms with Crippen LogP contribution in [0.4, 0.5) is 5.69 Å². The maximum atomic E-state index is 12.3. The van der Waals surface area contributed by atoms with Gasteiger partial charge in [0.05, 0.1) is 17.1 Å². The number of aryl methyl sites for hydroxylation is 1. The molecule has 142 valence electrons. The number of ether oxygens (including phenoxy) is 1. The van der Waals surface area contributed by atoms with Crippen LogP contribution >= 0.6 is 0 Å². The monoisotopic (exact) mass is 390 g/mol. The van der Waals surface area contributed by atoms with E-state index in [1.807, 2.05) is 0 Å². The number of fused-ring (bicyclic) bond motifs is 1. The zero-order valence-corrected chi connectivity index (χ0v) is 15.8. The van der Waals surface area contributed by atoms with Crippen molar-refractivity contribution in [3.05, 3.63) is 46.9 Å². The summed E-state index contributed by atoms with van der Waals surface area (Å²) in [5.74, 6) is -0.251. The Morgan fingerprint density at radius 3 is 2.74 bits per heavy atom. The molecule has 3 rings (SSSR count). The molecule has 1 aliphatic rings. The second kappa shape index (κ2) is 7.01. The van der Waals surface area contributed by atoms with Crippen molar-refractivity contribution >= 4 is 39.2 Å². The maximum absolute atomic E-state index is 12.3. The van der Waals surface area contributed by atoms with Gasteiger partial charge in [-0.2, -0.15) is 0 Å². The lowest BCUT2D eigenvalue weighted by Crippen LogP contribution is -2.18. The van der Waals surface area contributed by atoms with Gasteiger partial charge in [0.15, 0.2) is 0 Å². The summed E-state index contributed by atoms with van der Waals surface area (Å²) in [6.45, 7) is 3.56. The predicted octanol–water partition coefficient (Wildman–Crippen LogP) is 2.17. The molecule has 1 aromatic carbocycles. The zero-order chi connectivity index (χ0) is 19.8. The molecule has 9 heteroatoms. The normalized spacial score (nSPS) is 14.9. The lowest BCUT2D eigenvalue weighted by molar-refractivity contribution is -0.110. The molecule has 0 saturated heterocycles. The highest BCUT2D eigenvalue weighted by Gasteiger charge is 2.27. The Morgan fingerprint density at radius 1 is 1.33 bits per heavy atom. The lowest BCUT2D eigenvalue weighted by atomic mass is 10.1. The number of rotatable bonds is 5. The van der Waals surface area contributed by atoms with Gasteiger partial charge in [0.25, 0.3) is 5.91 Å². The Kier molecular flexibility index (Phi) is 4.90. The summed E-state index contributed by atoms with van der Waals surface area (Å²) in [6.07, 6.45) is 1.46. The zero-order valence-electron chi connectivity index (χ0n) is 15.0. The van der Waals surface area contributed by atoms with Crippen LogP contribution in [0.1, 0.15) is 34.4 Å². The van der Waals surface area contributed by atoms with Gasteiger partial charge in [-0.1, -0.05) is 0 Å². The molecule has 0 atom stereocenters. The number of benzene rings is 1. The molecule has 0 bridgehead atoms. The first kappa shape index (κ1) is 18.9. The highest BCUT2D eigenvalue weighted by atomic mass is 32.2. The van der Waals surface area contributed by atoms with Crippen molar-refractivity contribution in [2.75, 3.05) is 19.0 Å². The minimum absolute atomic E-state index is 0.0361. The molecule has 0 radical (unpaired) electrons. The quantitative estimate of drug-likeness (QED) is 0.597. The van der Waals surface area contributed by atoms with Gasteiger partial charge < -0.3 is 14.5 Å². The Labute approximate surface area is 156 Å². The predicted molar refractivity (Wildman–Crippen MR) is 98.6 cm³/mol. The van der Waals surface area contributed by atoms with Crippen LogP contribution in [0.2, 0.25) is 0 Å². The van der Waals surface area contributed by atoms with E-state index >= 15 is 0 Å². The van der Waals surface area contributed by atoms with E-state index in [0.717, 1.165) is 0 Å². The fourth-order valence-corrected chi connectivity index (χ4v) is 3.48. The van der Waals surface area contributed by atoms with Crippen LogP contribution in [0.5, 0.6) is 0 Å². The molecule has 2 aromatic rings. The standard InChI is InChI=1S/C18H18N2O6S/c1-4-25-18(22)13-7-11(26-10(13)2)8-15-14-9-12(27(23,24)19-3)5-6-16(14)20-17(15)21/h5-9,19H,4H2,1-3H3,(H,20,21). The molecule has 27 heavy (non-hydrogen) atoms. The van der Waals surface area contributed by atoms with Gasteiger partial charge in [0, 0.05) is 11.3 Å². The van der Waals surface area contributed by atoms with E-state index in [0.29, 0.717) is 17.0 Å². The number of nitrogens with one attached hydrogen (secondary N) is 2. The van der Waals surface area contributed by atoms with E-state index in [1.165, 1.54) is 37.4 Å². The lowest BCUT2D eigenvalue weighted by Gasteiger charge is -2.05. The average Bonchev–Trinajstić information content (AvgIpc) is 3.15. The highest BCUT2D eigenvalue weighted by Crippen LogP contribution is 2.35. The number of carbonyl (C=O) groups is 2. The molecule has 8 nitrogen and oxygen atoms in total. The van der Waals surface area contributed by atoms with Crippen LogP contribution < -0.4 is 10.0 Å². The first-order chi connectivity index (χ1) is 12.8. The highest BCUT2D eigenvalue weighted by molar-refractivity contribution is 7.89. The van der Waals surface area contributed by atoms with E-state index in [4.69, 9.17) is 9.15 Å². The first-order valence-electron chi connectivity index (χ1n) is 8.15. The van der Waals surface area contributed by atoms with Gasteiger partial charge in [0.2, 0.25) is 10.0 Å². The number of anilines is 1. The topological polar surface area (TPSA) is 115 Å². The number of carbonyl (C=O) groups excluding carboxylic acids is 2. The van der Waals surface area contributed by atoms with Gasteiger partial charge in [-0.3, -0.25) is 4.79 Å². The van der Waals surface area contributed by atoms with Crippen molar-refractivity contribution in [1.82, 2.24) is 4.72 Å². The summed E-state index contributed by atoms with van der Waals surface area (Å²) in [7, 11) is -2.34. The molecule has 0 aliphatic carbocycles. The minimum atomic E-state index is -3.65. The number of esters is 1. The second-order valence-corrected chi connectivity index (χ2v) is 7.65. The Balaban J connectivity index is 2.04. The van der Waals surface area contributed by atoms with Gasteiger partial charge >= 0.3 is 5.97 Å². The van der Waals surface area contributed by atoms with E-state index in [-0.39, 0.29) is 28.4 Å². The molecule has 0 unspecified atom stereocenters. The molecule has 0 spiro atoms. The molecule has 0 fully saturated rings. The van der Waals surface area contributed by atoms with Crippen LogP contribution in [0.3, 0.4) is 0 Å². The van der Waals surface area contributed by atoms with Crippen LogP contribution in [-0.2, 0) is 19.6 Å². The summed E-state index contributed by atoms with van der Waals surface area (Å²) in [6, 6.07) is 5.83. The number of sulfonamides is 1. The van der Waals surface area contributed by atoms with Crippen molar-refractivity contribution in [2.24, 2.45) is 0 Å². The number of hydrogen-bond acceptors (Lipinski definition) is 6.